The fraction of sp³-hybridized carbons (Fsp3) is 0.667. The molecule has 1 saturated carbocycles. The zero-order valence-corrected chi connectivity index (χ0v) is 9.42. The minimum Gasteiger partial charge on any atom is -0.284 e. The van der Waals surface area contributed by atoms with Crippen molar-refractivity contribution in [2.24, 2.45) is 5.92 Å². The van der Waals surface area contributed by atoms with Crippen LogP contribution < -0.4 is 4.72 Å². The van der Waals surface area contributed by atoms with Crippen LogP contribution in [0.3, 0.4) is 0 Å². The largest absolute Gasteiger partial charge is 0.284 e. The summed E-state index contributed by atoms with van der Waals surface area (Å²) in [6, 6.07) is 0.0832. The summed E-state index contributed by atoms with van der Waals surface area (Å²) in [5.41, 5.74) is 0. The first-order valence-corrected chi connectivity index (χ1v) is 6.57. The molecule has 1 aliphatic rings. The maximum absolute atomic E-state index is 11.8. The third-order valence-corrected chi connectivity index (χ3v) is 4.29. The van der Waals surface area contributed by atoms with Gasteiger partial charge in [0.15, 0.2) is 0 Å². The molecule has 2 N–H and O–H groups in total. The van der Waals surface area contributed by atoms with Crippen molar-refractivity contribution >= 4 is 10.0 Å². The van der Waals surface area contributed by atoms with Gasteiger partial charge in [-0.25, -0.2) is 13.1 Å². The Hall–Kier alpha value is -0.880. The van der Waals surface area contributed by atoms with Gasteiger partial charge < -0.3 is 0 Å². The smallest absolute Gasteiger partial charge is 0.243 e. The van der Waals surface area contributed by atoms with Crippen molar-refractivity contribution in [3.05, 3.63) is 12.4 Å². The molecule has 1 aromatic heterocycles. The van der Waals surface area contributed by atoms with Crippen LogP contribution in [0.2, 0.25) is 0 Å². The number of hydrogen-bond acceptors (Lipinski definition) is 3. The van der Waals surface area contributed by atoms with E-state index in [1.807, 2.05) is 0 Å². The number of hydrogen-bond donors (Lipinski definition) is 2. The lowest BCUT2D eigenvalue weighted by Gasteiger charge is -2.11. The predicted molar refractivity (Wildman–Crippen MR) is 55.7 cm³/mol. The molecule has 84 valence electrons. The van der Waals surface area contributed by atoms with E-state index in [1.165, 1.54) is 12.4 Å². The first kappa shape index (κ1) is 10.6. The number of aromatic nitrogens is 2. The van der Waals surface area contributed by atoms with Crippen LogP contribution in [0, 0.1) is 5.92 Å². The van der Waals surface area contributed by atoms with Crippen molar-refractivity contribution in [1.29, 1.82) is 0 Å². The second-order valence-corrected chi connectivity index (χ2v) is 5.88. The van der Waals surface area contributed by atoms with Gasteiger partial charge in [-0.3, -0.25) is 5.10 Å². The second kappa shape index (κ2) is 3.94. The summed E-state index contributed by atoms with van der Waals surface area (Å²) < 4.78 is 26.3. The van der Waals surface area contributed by atoms with Crippen LogP contribution in [0.25, 0.3) is 0 Å². The minimum absolute atomic E-state index is 0.0832. The molecule has 1 aromatic rings. The van der Waals surface area contributed by atoms with Crippen LogP contribution in [0.5, 0.6) is 0 Å². The Morgan fingerprint density at radius 3 is 2.87 bits per heavy atom. The zero-order chi connectivity index (χ0) is 10.9. The molecule has 0 saturated heterocycles. The molecular weight excluding hydrogens is 214 g/mol. The van der Waals surface area contributed by atoms with Crippen molar-refractivity contribution in [2.45, 2.75) is 37.1 Å². The van der Waals surface area contributed by atoms with Gasteiger partial charge in [0.05, 0.1) is 6.20 Å². The van der Waals surface area contributed by atoms with Gasteiger partial charge in [0, 0.05) is 12.2 Å². The molecule has 0 spiro atoms. The molecule has 0 radical (unpaired) electrons. The highest BCUT2D eigenvalue weighted by molar-refractivity contribution is 7.89. The molecule has 6 heteroatoms. The normalized spacial score (nSPS) is 27.0. The molecule has 0 aromatic carbocycles. The summed E-state index contributed by atoms with van der Waals surface area (Å²) in [5, 5.41) is 6.13. The summed E-state index contributed by atoms with van der Waals surface area (Å²) in [6.45, 7) is 2.14. The lowest BCUT2D eigenvalue weighted by Crippen LogP contribution is -2.32. The Morgan fingerprint density at radius 1 is 1.53 bits per heavy atom. The molecule has 0 aliphatic heterocycles. The molecule has 5 nitrogen and oxygen atoms in total. The average Bonchev–Trinajstić information content (AvgIpc) is 2.75. The Balaban J connectivity index is 2.06. The van der Waals surface area contributed by atoms with Crippen LogP contribution >= 0.6 is 0 Å². The van der Waals surface area contributed by atoms with Crippen LogP contribution in [0.1, 0.15) is 26.2 Å². The van der Waals surface area contributed by atoms with Crippen molar-refractivity contribution in [2.75, 3.05) is 0 Å². The minimum atomic E-state index is -3.37. The van der Waals surface area contributed by atoms with E-state index in [0.29, 0.717) is 5.92 Å². The molecule has 0 bridgehead atoms. The molecule has 15 heavy (non-hydrogen) atoms. The van der Waals surface area contributed by atoms with E-state index in [4.69, 9.17) is 0 Å². The van der Waals surface area contributed by atoms with Crippen molar-refractivity contribution in [3.63, 3.8) is 0 Å². The molecular formula is C9H15N3O2S. The first-order valence-electron chi connectivity index (χ1n) is 5.09. The highest BCUT2D eigenvalue weighted by Gasteiger charge is 2.26. The molecule has 1 heterocycles. The molecule has 2 rings (SSSR count). The lowest BCUT2D eigenvalue weighted by atomic mass is 10.1. The second-order valence-electron chi connectivity index (χ2n) is 4.17. The van der Waals surface area contributed by atoms with E-state index in [0.717, 1.165) is 19.3 Å². The van der Waals surface area contributed by atoms with Gasteiger partial charge in [-0.15, -0.1) is 0 Å². The number of nitrogens with one attached hydrogen (secondary N) is 2. The van der Waals surface area contributed by atoms with Gasteiger partial charge in [-0.1, -0.05) is 6.92 Å². The molecule has 1 aliphatic carbocycles. The van der Waals surface area contributed by atoms with Gasteiger partial charge in [0.2, 0.25) is 10.0 Å². The Bertz CT molecular complexity index is 413. The van der Waals surface area contributed by atoms with Crippen LogP contribution in [-0.2, 0) is 10.0 Å². The molecule has 1 fully saturated rings. The topological polar surface area (TPSA) is 74.8 Å². The van der Waals surface area contributed by atoms with E-state index in [2.05, 4.69) is 21.8 Å². The fourth-order valence-corrected chi connectivity index (χ4v) is 3.18. The van der Waals surface area contributed by atoms with Crippen molar-refractivity contribution < 1.29 is 8.42 Å². The Morgan fingerprint density at radius 2 is 2.33 bits per heavy atom. The summed E-state index contributed by atoms with van der Waals surface area (Å²) in [4.78, 5) is 0.210. The standard InChI is InChI=1S/C9H15N3O2S/c1-7-2-3-8(4-7)12-15(13,14)9-5-10-11-6-9/h5-8,12H,2-4H2,1H3,(H,10,11). The van der Waals surface area contributed by atoms with Gasteiger partial charge in [0.1, 0.15) is 4.90 Å². The summed E-state index contributed by atoms with van der Waals surface area (Å²) >= 11 is 0. The fourth-order valence-electron chi connectivity index (χ4n) is 1.99. The SMILES string of the molecule is CC1CCC(NS(=O)(=O)c2cn[nH]c2)C1. The third-order valence-electron chi connectivity index (χ3n) is 2.80. The van der Waals surface area contributed by atoms with Crippen LogP contribution in [0.4, 0.5) is 0 Å². The van der Waals surface area contributed by atoms with Gasteiger partial charge in [-0.05, 0) is 25.2 Å². The summed E-state index contributed by atoms with van der Waals surface area (Å²) in [5.74, 6) is 0.613. The summed E-state index contributed by atoms with van der Waals surface area (Å²) in [6.07, 6.45) is 5.66. The maximum Gasteiger partial charge on any atom is 0.243 e. The van der Waals surface area contributed by atoms with Gasteiger partial charge in [0.25, 0.3) is 0 Å². The molecule has 2 atom stereocenters. The highest BCUT2D eigenvalue weighted by atomic mass is 32.2. The van der Waals surface area contributed by atoms with Crippen LogP contribution in [-0.4, -0.2) is 24.7 Å². The zero-order valence-electron chi connectivity index (χ0n) is 8.60. The van der Waals surface area contributed by atoms with E-state index in [-0.39, 0.29) is 10.9 Å². The van der Waals surface area contributed by atoms with Crippen molar-refractivity contribution in [3.8, 4) is 0 Å². The van der Waals surface area contributed by atoms with E-state index in [9.17, 15) is 8.42 Å². The molecule has 2 unspecified atom stereocenters. The average molecular weight is 229 g/mol. The monoisotopic (exact) mass is 229 g/mol. The quantitative estimate of drug-likeness (QED) is 0.807. The predicted octanol–water partition coefficient (Wildman–Crippen LogP) is 0.877. The summed E-state index contributed by atoms with van der Waals surface area (Å²) in [7, 11) is -3.37. The van der Waals surface area contributed by atoms with E-state index >= 15 is 0 Å². The number of rotatable bonds is 3. The first-order chi connectivity index (χ1) is 7.08. The van der Waals surface area contributed by atoms with Gasteiger partial charge in [-0.2, -0.15) is 5.10 Å². The van der Waals surface area contributed by atoms with Gasteiger partial charge >= 0.3 is 0 Å². The van der Waals surface area contributed by atoms with E-state index in [1.54, 1.807) is 0 Å². The maximum atomic E-state index is 11.8. The number of aromatic amines is 1. The lowest BCUT2D eigenvalue weighted by molar-refractivity contribution is 0.538. The number of nitrogens with zero attached hydrogens (tertiary/aromatic N) is 1. The molecule has 0 amide bonds. The Kier molecular flexibility index (Phi) is 2.79. The Labute approximate surface area is 89.3 Å². The number of sulfonamides is 1. The third kappa shape index (κ3) is 2.38. The highest BCUT2D eigenvalue weighted by Crippen LogP contribution is 2.25. The number of H-pyrrole nitrogens is 1. The van der Waals surface area contributed by atoms with Crippen molar-refractivity contribution in [1.82, 2.24) is 14.9 Å². The van der Waals surface area contributed by atoms with E-state index < -0.39 is 10.0 Å². The van der Waals surface area contributed by atoms with Crippen LogP contribution in [0.15, 0.2) is 17.3 Å².